The average molecular weight is 196 g/mol. The van der Waals surface area contributed by atoms with E-state index in [4.69, 9.17) is 0 Å². The normalized spacial score (nSPS) is 30.1. The molecule has 80 valence electrons. The quantitative estimate of drug-likeness (QED) is 0.707. The number of nitrogens with zero attached hydrogens (tertiary/aromatic N) is 1. The first-order chi connectivity index (χ1) is 6.68. The molecule has 2 rings (SSSR count). The molecular formula is C11H20N2O. The molecule has 2 atom stereocenters. The number of likely N-dealkylation sites (N-methyl/N-ethyl adjacent to an activating group) is 1. The topological polar surface area (TPSA) is 32.3 Å². The van der Waals surface area contributed by atoms with Gasteiger partial charge >= 0.3 is 0 Å². The molecule has 3 nitrogen and oxygen atoms in total. The van der Waals surface area contributed by atoms with E-state index in [9.17, 15) is 4.79 Å². The van der Waals surface area contributed by atoms with Gasteiger partial charge in [-0.05, 0) is 37.6 Å². The second kappa shape index (κ2) is 3.89. The first-order valence-corrected chi connectivity index (χ1v) is 5.65. The highest BCUT2D eigenvalue weighted by atomic mass is 16.2. The van der Waals surface area contributed by atoms with Crippen molar-refractivity contribution < 1.29 is 4.79 Å². The molecule has 2 fully saturated rings. The fraction of sp³-hybridized carbons (Fsp3) is 0.909. The number of rotatable bonds is 5. The fourth-order valence-electron chi connectivity index (χ4n) is 1.84. The fourth-order valence-corrected chi connectivity index (χ4v) is 1.84. The first-order valence-electron chi connectivity index (χ1n) is 5.65. The molecule has 0 heterocycles. The predicted molar refractivity (Wildman–Crippen MR) is 55.9 cm³/mol. The van der Waals surface area contributed by atoms with Gasteiger partial charge < -0.3 is 10.2 Å². The molecular weight excluding hydrogens is 176 g/mol. The van der Waals surface area contributed by atoms with Crippen LogP contribution in [-0.2, 0) is 4.79 Å². The van der Waals surface area contributed by atoms with Crippen LogP contribution in [0.15, 0.2) is 0 Å². The molecule has 3 heteroatoms. The number of carbonyl (C=O) groups is 1. The van der Waals surface area contributed by atoms with Crippen molar-refractivity contribution in [2.75, 3.05) is 20.1 Å². The summed E-state index contributed by atoms with van der Waals surface area (Å²) in [6, 6.07) is 0.546. The van der Waals surface area contributed by atoms with E-state index in [2.05, 4.69) is 12.2 Å². The van der Waals surface area contributed by atoms with E-state index in [1.165, 1.54) is 19.3 Å². The standard InChI is InChI=1S/C11H20N2O/c1-8-5-9(8)6-12-7-11(14)13(2)10-3-4-10/h8-10,12H,3-7H2,1-2H3. The summed E-state index contributed by atoms with van der Waals surface area (Å²) in [5, 5.41) is 3.25. The van der Waals surface area contributed by atoms with Gasteiger partial charge in [0.2, 0.25) is 5.91 Å². The first kappa shape index (κ1) is 9.97. The minimum atomic E-state index is 0.251. The largest absolute Gasteiger partial charge is 0.342 e. The Bertz CT molecular complexity index is 225. The second-order valence-electron chi connectivity index (χ2n) is 4.84. The van der Waals surface area contributed by atoms with Crippen LogP contribution in [-0.4, -0.2) is 37.0 Å². The summed E-state index contributed by atoms with van der Waals surface area (Å²) in [6.07, 6.45) is 3.73. The van der Waals surface area contributed by atoms with Gasteiger partial charge in [0.15, 0.2) is 0 Å². The smallest absolute Gasteiger partial charge is 0.236 e. The summed E-state index contributed by atoms with van der Waals surface area (Å²) in [5.41, 5.74) is 0. The van der Waals surface area contributed by atoms with Gasteiger partial charge in [0, 0.05) is 13.1 Å². The number of carbonyl (C=O) groups excluding carboxylic acids is 1. The Kier molecular flexibility index (Phi) is 2.77. The van der Waals surface area contributed by atoms with Crippen LogP contribution >= 0.6 is 0 Å². The van der Waals surface area contributed by atoms with Crippen molar-refractivity contribution in [2.45, 2.75) is 32.2 Å². The van der Waals surface area contributed by atoms with Crippen molar-refractivity contribution in [3.05, 3.63) is 0 Å². The summed E-state index contributed by atoms with van der Waals surface area (Å²) in [4.78, 5) is 13.5. The van der Waals surface area contributed by atoms with Crippen LogP contribution in [0, 0.1) is 11.8 Å². The summed E-state index contributed by atoms with van der Waals surface area (Å²) < 4.78 is 0. The van der Waals surface area contributed by atoms with Gasteiger partial charge in [0.1, 0.15) is 0 Å². The van der Waals surface area contributed by atoms with E-state index in [0.717, 1.165) is 18.4 Å². The number of hydrogen-bond donors (Lipinski definition) is 1. The zero-order chi connectivity index (χ0) is 10.1. The van der Waals surface area contributed by atoms with Gasteiger partial charge in [-0.25, -0.2) is 0 Å². The van der Waals surface area contributed by atoms with Crippen molar-refractivity contribution in [1.29, 1.82) is 0 Å². The number of nitrogens with one attached hydrogen (secondary N) is 1. The van der Waals surface area contributed by atoms with E-state index < -0.39 is 0 Å². The van der Waals surface area contributed by atoms with E-state index >= 15 is 0 Å². The minimum absolute atomic E-state index is 0.251. The molecule has 0 saturated heterocycles. The summed E-state index contributed by atoms with van der Waals surface area (Å²) in [7, 11) is 1.92. The van der Waals surface area contributed by atoms with Gasteiger partial charge in [-0.15, -0.1) is 0 Å². The molecule has 2 aliphatic carbocycles. The molecule has 1 amide bonds. The Labute approximate surface area is 85.8 Å². The Morgan fingerprint density at radius 2 is 2.14 bits per heavy atom. The maximum absolute atomic E-state index is 11.6. The van der Waals surface area contributed by atoms with Crippen molar-refractivity contribution >= 4 is 5.91 Å². The van der Waals surface area contributed by atoms with Crippen molar-refractivity contribution in [3.8, 4) is 0 Å². The second-order valence-corrected chi connectivity index (χ2v) is 4.84. The minimum Gasteiger partial charge on any atom is -0.342 e. The Morgan fingerprint density at radius 3 is 2.64 bits per heavy atom. The SMILES string of the molecule is CC1CC1CNCC(=O)N(C)C1CC1. The highest BCUT2D eigenvalue weighted by Gasteiger charge is 2.32. The Morgan fingerprint density at radius 1 is 1.50 bits per heavy atom. The van der Waals surface area contributed by atoms with Gasteiger partial charge in [0.25, 0.3) is 0 Å². The van der Waals surface area contributed by atoms with Crippen molar-refractivity contribution in [2.24, 2.45) is 11.8 Å². The zero-order valence-corrected chi connectivity index (χ0v) is 9.12. The van der Waals surface area contributed by atoms with E-state index in [1.807, 2.05) is 11.9 Å². The molecule has 14 heavy (non-hydrogen) atoms. The summed E-state index contributed by atoms with van der Waals surface area (Å²) >= 11 is 0. The summed E-state index contributed by atoms with van der Waals surface area (Å²) in [6.45, 7) is 3.81. The van der Waals surface area contributed by atoms with E-state index in [0.29, 0.717) is 12.6 Å². The van der Waals surface area contributed by atoms with E-state index in [-0.39, 0.29) is 5.91 Å². The number of amides is 1. The van der Waals surface area contributed by atoms with Gasteiger partial charge in [-0.1, -0.05) is 6.92 Å². The molecule has 0 aromatic rings. The van der Waals surface area contributed by atoms with Crippen LogP contribution in [0.2, 0.25) is 0 Å². The molecule has 0 aromatic carbocycles. The lowest BCUT2D eigenvalue weighted by atomic mass is 10.3. The lowest BCUT2D eigenvalue weighted by Crippen LogP contribution is -2.37. The van der Waals surface area contributed by atoms with Crippen LogP contribution in [0.25, 0.3) is 0 Å². The average Bonchev–Trinajstić information content (AvgIpc) is 3.01. The third-order valence-electron chi connectivity index (χ3n) is 3.45. The monoisotopic (exact) mass is 196 g/mol. The molecule has 0 bridgehead atoms. The third-order valence-corrected chi connectivity index (χ3v) is 3.45. The van der Waals surface area contributed by atoms with Crippen LogP contribution < -0.4 is 5.32 Å². The molecule has 1 N–H and O–H groups in total. The van der Waals surface area contributed by atoms with Gasteiger partial charge in [0.05, 0.1) is 6.54 Å². The van der Waals surface area contributed by atoms with E-state index in [1.54, 1.807) is 0 Å². The van der Waals surface area contributed by atoms with Crippen LogP contribution in [0.1, 0.15) is 26.2 Å². The van der Waals surface area contributed by atoms with Gasteiger partial charge in [-0.2, -0.15) is 0 Å². The molecule has 0 radical (unpaired) electrons. The lowest BCUT2D eigenvalue weighted by molar-refractivity contribution is -0.129. The molecule has 0 spiro atoms. The Hall–Kier alpha value is -0.570. The number of hydrogen-bond acceptors (Lipinski definition) is 2. The predicted octanol–water partition coefficient (Wildman–Crippen LogP) is 0.853. The molecule has 2 aliphatic rings. The third kappa shape index (κ3) is 2.47. The van der Waals surface area contributed by atoms with Crippen LogP contribution in [0.4, 0.5) is 0 Å². The highest BCUT2D eigenvalue weighted by molar-refractivity contribution is 5.78. The zero-order valence-electron chi connectivity index (χ0n) is 9.12. The van der Waals surface area contributed by atoms with Gasteiger partial charge in [-0.3, -0.25) is 4.79 Å². The maximum atomic E-state index is 11.6. The van der Waals surface area contributed by atoms with Crippen LogP contribution in [0.3, 0.4) is 0 Å². The lowest BCUT2D eigenvalue weighted by Gasteiger charge is -2.16. The molecule has 2 unspecified atom stereocenters. The van der Waals surface area contributed by atoms with Crippen molar-refractivity contribution in [3.63, 3.8) is 0 Å². The van der Waals surface area contributed by atoms with Crippen LogP contribution in [0.5, 0.6) is 0 Å². The molecule has 0 aliphatic heterocycles. The Balaban J connectivity index is 1.57. The summed E-state index contributed by atoms with van der Waals surface area (Å²) in [5.74, 6) is 1.95. The molecule has 0 aromatic heterocycles. The highest BCUT2D eigenvalue weighted by Crippen LogP contribution is 2.36. The van der Waals surface area contributed by atoms with Crippen molar-refractivity contribution in [1.82, 2.24) is 10.2 Å². The maximum Gasteiger partial charge on any atom is 0.236 e. The molecule has 2 saturated carbocycles.